The van der Waals surface area contributed by atoms with Crippen molar-refractivity contribution in [3.05, 3.63) is 36.8 Å². The minimum atomic E-state index is -0.127. The number of rotatable bonds is 2. The molecule has 3 N–H and O–H groups in total. The fraction of sp³-hybridized carbons (Fsp3) is 0. The zero-order valence-corrected chi connectivity index (χ0v) is 4.65. The molecule has 0 rings (SSSR count). The van der Waals surface area contributed by atoms with E-state index in [0.717, 1.165) is 0 Å². The smallest absolute Gasteiger partial charge is 0.117 e. The van der Waals surface area contributed by atoms with Gasteiger partial charge in [-0.2, -0.15) is 0 Å². The molecule has 8 heavy (non-hydrogen) atoms. The summed E-state index contributed by atoms with van der Waals surface area (Å²) in [6, 6.07) is 0. The summed E-state index contributed by atoms with van der Waals surface area (Å²) in [6.45, 7) is 9.90. The first-order valence-electron chi connectivity index (χ1n) is 2.07. The maximum Gasteiger partial charge on any atom is 0.117 e. The van der Waals surface area contributed by atoms with E-state index in [1.165, 1.54) is 0 Å². The van der Waals surface area contributed by atoms with Gasteiger partial charge in [-0.3, -0.25) is 0 Å². The fourth-order valence-electron chi connectivity index (χ4n) is 0.185. The molecular weight excluding hydrogens is 102 g/mol. The van der Waals surface area contributed by atoms with Crippen molar-refractivity contribution in [2.75, 3.05) is 0 Å². The summed E-state index contributed by atoms with van der Waals surface area (Å²) < 4.78 is 0. The van der Waals surface area contributed by atoms with E-state index in [0.29, 0.717) is 5.57 Å². The van der Waals surface area contributed by atoms with Crippen molar-refractivity contribution in [2.45, 2.75) is 0 Å². The average molecular weight is 111 g/mol. The van der Waals surface area contributed by atoms with Crippen LogP contribution < -0.4 is 5.73 Å². The van der Waals surface area contributed by atoms with Gasteiger partial charge in [-0.1, -0.05) is 19.7 Å². The van der Waals surface area contributed by atoms with Crippen molar-refractivity contribution in [1.29, 1.82) is 0 Å². The van der Waals surface area contributed by atoms with E-state index < -0.39 is 0 Å². The topological polar surface area (TPSA) is 46.2 Å². The molecule has 0 heterocycles. The lowest BCUT2D eigenvalue weighted by Crippen LogP contribution is -1.98. The second-order valence-electron chi connectivity index (χ2n) is 1.45. The quantitative estimate of drug-likeness (QED) is 0.414. The van der Waals surface area contributed by atoms with Crippen LogP contribution in [-0.2, 0) is 0 Å². The molecule has 0 saturated carbocycles. The maximum atomic E-state index is 8.56. The normalized spacial score (nSPS) is 8.00. The van der Waals surface area contributed by atoms with Gasteiger partial charge in [-0.15, -0.1) is 0 Å². The third-order valence-corrected chi connectivity index (χ3v) is 0.736. The molecule has 0 aliphatic heterocycles. The summed E-state index contributed by atoms with van der Waals surface area (Å²) in [5.74, 6) is -0.127. The van der Waals surface area contributed by atoms with Crippen molar-refractivity contribution < 1.29 is 5.11 Å². The van der Waals surface area contributed by atoms with E-state index in [1.54, 1.807) is 0 Å². The molecule has 2 heteroatoms. The van der Waals surface area contributed by atoms with Gasteiger partial charge in [0.25, 0.3) is 0 Å². The van der Waals surface area contributed by atoms with Crippen LogP contribution in [0.4, 0.5) is 0 Å². The Morgan fingerprint density at radius 2 is 1.62 bits per heavy atom. The first kappa shape index (κ1) is 6.82. The largest absolute Gasteiger partial charge is 0.508 e. The third kappa shape index (κ3) is 1.51. The molecule has 0 amide bonds. The second-order valence-corrected chi connectivity index (χ2v) is 1.45. The molecule has 0 atom stereocenters. The van der Waals surface area contributed by atoms with E-state index >= 15 is 0 Å². The predicted octanol–water partition coefficient (Wildman–Crippen LogP) is 1.09. The van der Waals surface area contributed by atoms with Crippen LogP contribution in [0.3, 0.4) is 0 Å². The third-order valence-electron chi connectivity index (χ3n) is 0.736. The predicted molar refractivity (Wildman–Crippen MR) is 34.2 cm³/mol. The highest BCUT2D eigenvalue weighted by Gasteiger charge is 1.95. The molecule has 0 fully saturated rings. The lowest BCUT2D eigenvalue weighted by atomic mass is 10.2. The summed E-state index contributed by atoms with van der Waals surface area (Å²) in [6.07, 6.45) is 0. The highest BCUT2D eigenvalue weighted by molar-refractivity contribution is 5.35. The highest BCUT2D eigenvalue weighted by Crippen LogP contribution is 2.04. The zero-order valence-electron chi connectivity index (χ0n) is 4.65. The number of nitrogens with two attached hydrogens (primary N) is 1. The van der Waals surface area contributed by atoms with Crippen LogP contribution in [0.25, 0.3) is 0 Å². The van der Waals surface area contributed by atoms with Crippen LogP contribution in [0.2, 0.25) is 0 Å². The molecule has 0 aromatic rings. The Balaban J connectivity index is 4.05. The van der Waals surface area contributed by atoms with Crippen LogP contribution in [0.15, 0.2) is 36.8 Å². The van der Waals surface area contributed by atoms with Crippen LogP contribution in [0, 0.1) is 0 Å². The lowest BCUT2D eigenvalue weighted by molar-refractivity contribution is 0.428. The number of aliphatic hydroxyl groups is 1. The van der Waals surface area contributed by atoms with Gasteiger partial charge in [0.2, 0.25) is 0 Å². The summed E-state index contributed by atoms with van der Waals surface area (Å²) >= 11 is 0. The Labute approximate surface area is 48.6 Å². The Morgan fingerprint density at radius 3 is 1.62 bits per heavy atom. The van der Waals surface area contributed by atoms with E-state index in [2.05, 4.69) is 19.7 Å². The molecule has 0 aliphatic rings. The van der Waals surface area contributed by atoms with Gasteiger partial charge in [0.05, 0.1) is 0 Å². The molecule has 0 radical (unpaired) electrons. The number of aliphatic hydroxyl groups excluding tert-OH is 1. The molecular formula is C6H9NO. The van der Waals surface area contributed by atoms with Crippen molar-refractivity contribution in [3.63, 3.8) is 0 Å². The van der Waals surface area contributed by atoms with Crippen molar-refractivity contribution in [2.24, 2.45) is 5.73 Å². The summed E-state index contributed by atoms with van der Waals surface area (Å²) in [7, 11) is 0. The van der Waals surface area contributed by atoms with Gasteiger partial charge < -0.3 is 10.8 Å². The number of hydrogen-bond acceptors (Lipinski definition) is 2. The summed E-state index contributed by atoms with van der Waals surface area (Å²) in [5, 5.41) is 8.56. The molecule has 0 bridgehead atoms. The Morgan fingerprint density at radius 1 is 1.25 bits per heavy atom. The van der Waals surface area contributed by atoms with E-state index in [9.17, 15) is 0 Å². The molecule has 0 aromatic carbocycles. The molecule has 0 unspecified atom stereocenters. The van der Waals surface area contributed by atoms with Crippen LogP contribution in [-0.4, -0.2) is 5.11 Å². The van der Waals surface area contributed by atoms with Gasteiger partial charge in [0.15, 0.2) is 0 Å². The van der Waals surface area contributed by atoms with Gasteiger partial charge in [-0.25, -0.2) is 0 Å². The highest BCUT2D eigenvalue weighted by atomic mass is 16.3. The maximum absolute atomic E-state index is 8.56. The molecule has 0 aromatic heterocycles. The summed E-state index contributed by atoms with van der Waals surface area (Å²) in [4.78, 5) is 0. The van der Waals surface area contributed by atoms with E-state index in [4.69, 9.17) is 10.8 Å². The summed E-state index contributed by atoms with van der Waals surface area (Å²) in [5.41, 5.74) is 5.67. The van der Waals surface area contributed by atoms with Crippen LogP contribution in [0.5, 0.6) is 0 Å². The minimum absolute atomic E-state index is 0.127. The van der Waals surface area contributed by atoms with E-state index in [1.807, 2.05) is 0 Å². The Bertz CT molecular complexity index is 131. The van der Waals surface area contributed by atoms with Crippen molar-refractivity contribution in [3.8, 4) is 0 Å². The van der Waals surface area contributed by atoms with Crippen LogP contribution >= 0.6 is 0 Å². The lowest BCUT2D eigenvalue weighted by Gasteiger charge is -1.98. The monoisotopic (exact) mass is 111 g/mol. The Kier molecular flexibility index (Phi) is 1.88. The first-order chi connectivity index (χ1) is 3.55. The van der Waals surface area contributed by atoms with Gasteiger partial charge in [0, 0.05) is 11.3 Å². The van der Waals surface area contributed by atoms with E-state index in [-0.39, 0.29) is 11.5 Å². The van der Waals surface area contributed by atoms with Crippen molar-refractivity contribution >= 4 is 0 Å². The molecule has 2 nitrogen and oxygen atoms in total. The van der Waals surface area contributed by atoms with Gasteiger partial charge in [0.1, 0.15) is 5.76 Å². The van der Waals surface area contributed by atoms with Crippen molar-refractivity contribution in [1.82, 2.24) is 0 Å². The molecule has 0 saturated heterocycles. The van der Waals surface area contributed by atoms with Gasteiger partial charge >= 0.3 is 0 Å². The average Bonchev–Trinajstić information content (AvgIpc) is 1.64. The molecule has 44 valence electrons. The van der Waals surface area contributed by atoms with Gasteiger partial charge in [-0.05, 0) is 0 Å². The second kappa shape index (κ2) is 2.21. The molecule has 0 aliphatic carbocycles. The minimum Gasteiger partial charge on any atom is -0.508 e. The van der Waals surface area contributed by atoms with Crippen LogP contribution in [0.1, 0.15) is 0 Å². The fourth-order valence-corrected chi connectivity index (χ4v) is 0.185. The first-order valence-corrected chi connectivity index (χ1v) is 2.07. The standard InChI is InChI=1S/C6H9NO/c1-4(5(2)7)6(3)8/h8H,1-3,7H2. The number of hydrogen-bond donors (Lipinski definition) is 2. The SMILES string of the molecule is C=C(N)C(=C)C(=C)O. The zero-order chi connectivity index (χ0) is 6.73. The molecule has 0 spiro atoms. The Hall–Kier alpha value is -1.18.